The quantitative estimate of drug-likeness (QED) is 0.426. The minimum atomic E-state index is 0. The fourth-order valence-electron chi connectivity index (χ4n) is 1.34. The van der Waals surface area contributed by atoms with Gasteiger partial charge in [-0.1, -0.05) is 31.0 Å². The molecule has 0 N–H and O–H groups in total. The van der Waals surface area contributed by atoms with Crippen LogP contribution in [0.15, 0.2) is 24.3 Å². The predicted molar refractivity (Wildman–Crippen MR) is 42.6 cm³/mol. The van der Waals surface area contributed by atoms with Crippen molar-refractivity contribution >= 4 is 6.08 Å². The van der Waals surface area contributed by atoms with Crippen LogP contribution < -0.4 is 9.41 Å². The number of hydrogen-bond donors (Lipinski definition) is 0. The average molecular weight is 258 g/mol. The topological polar surface area (TPSA) is 0 Å². The van der Waals surface area contributed by atoms with Gasteiger partial charge in [0.25, 0.3) is 0 Å². The van der Waals surface area contributed by atoms with Gasteiger partial charge >= 0.3 is 26.2 Å². The molecule has 67 valence electrons. The average Bonchev–Trinajstić information content (AvgIpc) is 2.34. The molecule has 0 saturated carbocycles. The molecule has 0 heterocycles. The van der Waals surface area contributed by atoms with E-state index in [1.54, 1.807) is 0 Å². The summed E-state index contributed by atoms with van der Waals surface area (Å²) in [5.74, 6) is 0.496. The zero-order valence-electron chi connectivity index (χ0n) is 7.22. The van der Waals surface area contributed by atoms with Gasteiger partial charge in [0, 0.05) is 0 Å². The van der Waals surface area contributed by atoms with Crippen molar-refractivity contribution in [1.29, 1.82) is 0 Å². The summed E-state index contributed by atoms with van der Waals surface area (Å²) in [6.07, 6.45) is 5.33. The molecular weight excluding hydrogens is 249 g/mol. The SMILES string of the molecule is CC1[C-]=Cc2ccccc21.[F-].[F-].[Zr+3]. The van der Waals surface area contributed by atoms with Crippen LogP contribution in [-0.4, -0.2) is 0 Å². The molecule has 3 heteroatoms. The van der Waals surface area contributed by atoms with E-state index < -0.39 is 0 Å². The first-order valence-electron chi connectivity index (χ1n) is 3.56. The van der Waals surface area contributed by atoms with E-state index in [4.69, 9.17) is 0 Å². The molecule has 1 aromatic carbocycles. The van der Waals surface area contributed by atoms with Gasteiger partial charge < -0.3 is 9.41 Å². The summed E-state index contributed by atoms with van der Waals surface area (Å²) in [6.45, 7) is 2.17. The molecule has 1 radical (unpaired) electrons. The van der Waals surface area contributed by atoms with E-state index in [0.717, 1.165) is 0 Å². The van der Waals surface area contributed by atoms with Crippen molar-refractivity contribution in [1.82, 2.24) is 0 Å². The Balaban J connectivity index is 0. The summed E-state index contributed by atoms with van der Waals surface area (Å²) in [7, 11) is 0. The number of halogens is 2. The molecule has 1 aromatic rings. The van der Waals surface area contributed by atoms with Gasteiger partial charge in [0.2, 0.25) is 0 Å². The molecule has 0 spiro atoms. The molecule has 0 saturated heterocycles. The van der Waals surface area contributed by atoms with Gasteiger partial charge in [-0.15, -0.1) is 11.6 Å². The van der Waals surface area contributed by atoms with E-state index in [0.29, 0.717) is 5.92 Å². The van der Waals surface area contributed by atoms with Gasteiger partial charge in [-0.2, -0.15) is 5.56 Å². The Morgan fingerprint density at radius 1 is 1.15 bits per heavy atom. The minimum absolute atomic E-state index is 0. The standard InChI is InChI=1S/C10H9.2FH.Zr/c1-8-6-7-9-4-2-3-5-10(8)9;;;/h2-5,7-8H,1H3;2*1H;/q-1;;;+3/p-2. The Hall–Kier alpha value is -0.297. The Morgan fingerprint density at radius 3 is 2.38 bits per heavy atom. The Kier molecular flexibility index (Phi) is 7.25. The predicted octanol–water partition coefficient (Wildman–Crippen LogP) is -3.37. The van der Waals surface area contributed by atoms with E-state index in [2.05, 4.69) is 43.3 Å². The number of allylic oxidation sites excluding steroid dienone is 1. The molecule has 0 bridgehead atoms. The second-order valence-electron chi connectivity index (χ2n) is 2.66. The van der Waals surface area contributed by atoms with Gasteiger partial charge in [0.1, 0.15) is 0 Å². The molecule has 1 aliphatic carbocycles. The Bertz CT molecular complexity index is 284. The maximum atomic E-state index is 3.26. The van der Waals surface area contributed by atoms with Crippen molar-refractivity contribution in [2.45, 2.75) is 12.8 Å². The van der Waals surface area contributed by atoms with Gasteiger partial charge in [0.05, 0.1) is 0 Å². The molecule has 0 amide bonds. The third-order valence-corrected chi connectivity index (χ3v) is 1.95. The van der Waals surface area contributed by atoms with Gasteiger partial charge in [-0.05, 0) is 0 Å². The van der Waals surface area contributed by atoms with Crippen LogP contribution in [0.1, 0.15) is 24.0 Å². The number of rotatable bonds is 0. The van der Waals surface area contributed by atoms with Crippen LogP contribution in [0.5, 0.6) is 0 Å². The molecule has 0 aromatic heterocycles. The van der Waals surface area contributed by atoms with E-state index >= 15 is 0 Å². The minimum Gasteiger partial charge on any atom is -1.00 e. The smallest absolute Gasteiger partial charge is 1.00 e. The van der Waals surface area contributed by atoms with Crippen LogP contribution >= 0.6 is 0 Å². The number of hydrogen-bond acceptors (Lipinski definition) is 0. The first kappa shape index (κ1) is 15.2. The maximum absolute atomic E-state index is 3.26. The van der Waals surface area contributed by atoms with Crippen LogP contribution in [0.3, 0.4) is 0 Å². The van der Waals surface area contributed by atoms with Gasteiger partial charge in [-0.25, -0.2) is 6.08 Å². The van der Waals surface area contributed by atoms with Crippen molar-refractivity contribution < 1.29 is 35.6 Å². The zero-order chi connectivity index (χ0) is 6.97. The second-order valence-corrected chi connectivity index (χ2v) is 2.66. The summed E-state index contributed by atoms with van der Waals surface area (Å²) in [5.41, 5.74) is 2.73. The zero-order valence-corrected chi connectivity index (χ0v) is 9.68. The van der Waals surface area contributed by atoms with E-state index in [-0.39, 0.29) is 35.6 Å². The molecule has 2 rings (SSSR count). The molecular formula is C10H9F2Zr. The van der Waals surface area contributed by atoms with Crippen LogP contribution in [0, 0.1) is 6.08 Å². The first-order chi connectivity index (χ1) is 4.88. The third kappa shape index (κ3) is 2.84. The molecule has 1 atom stereocenters. The number of fused-ring (bicyclic) bond motifs is 1. The first-order valence-corrected chi connectivity index (χ1v) is 3.56. The van der Waals surface area contributed by atoms with Crippen LogP contribution in [0.2, 0.25) is 0 Å². The summed E-state index contributed by atoms with van der Waals surface area (Å²) in [6, 6.07) is 8.44. The van der Waals surface area contributed by atoms with Crippen LogP contribution in [0.25, 0.3) is 6.08 Å². The molecule has 0 nitrogen and oxygen atoms in total. The van der Waals surface area contributed by atoms with Crippen LogP contribution in [-0.2, 0) is 26.2 Å². The molecule has 1 aliphatic rings. The summed E-state index contributed by atoms with van der Waals surface area (Å²) in [5, 5.41) is 0. The summed E-state index contributed by atoms with van der Waals surface area (Å²) >= 11 is 0. The summed E-state index contributed by atoms with van der Waals surface area (Å²) in [4.78, 5) is 0. The maximum Gasteiger partial charge on any atom is 3.00 e. The Morgan fingerprint density at radius 2 is 1.77 bits per heavy atom. The molecule has 13 heavy (non-hydrogen) atoms. The Labute approximate surface area is 95.9 Å². The summed E-state index contributed by atoms with van der Waals surface area (Å²) < 4.78 is 0. The largest absolute Gasteiger partial charge is 3.00 e. The number of benzene rings is 1. The fourth-order valence-corrected chi connectivity index (χ4v) is 1.34. The van der Waals surface area contributed by atoms with Crippen LogP contribution in [0.4, 0.5) is 0 Å². The monoisotopic (exact) mass is 257 g/mol. The molecule has 1 unspecified atom stereocenters. The van der Waals surface area contributed by atoms with E-state index in [1.807, 2.05) is 0 Å². The normalized spacial score (nSPS) is 16.2. The van der Waals surface area contributed by atoms with Crippen molar-refractivity contribution in [3.8, 4) is 0 Å². The van der Waals surface area contributed by atoms with Gasteiger partial charge in [0.15, 0.2) is 0 Å². The molecule has 0 aliphatic heterocycles. The van der Waals surface area contributed by atoms with Crippen molar-refractivity contribution in [2.24, 2.45) is 0 Å². The van der Waals surface area contributed by atoms with Crippen molar-refractivity contribution in [2.75, 3.05) is 0 Å². The fraction of sp³-hybridized carbons (Fsp3) is 0.200. The molecule has 0 fully saturated rings. The second kappa shape index (κ2) is 6.20. The van der Waals surface area contributed by atoms with Crippen molar-refractivity contribution in [3.63, 3.8) is 0 Å². The van der Waals surface area contributed by atoms with Gasteiger partial charge in [-0.3, -0.25) is 6.08 Å². The van der Waals surface area contributed by atoms with Crippen molar-refractivity contribution in [3.05, 3.63) is 41.5 Å². The van der Waals surface area contributed by atoms with E-state index in [1.165, 1.54) is 11.1 Å². The third-order valence-electron chi connectivity index (χ3n) is 1.95. The van der Waals surface area contributed by atoms with E-state index in [9.17, 15) is 0 Å².